The SMILES string of the molecule is Cc1ccccc1[PH](=NS(=O)(=O)c1ccccc1)c1ccccc1C. The maximum absolute atomic E-state index is 12.9. The lowest BCUT2D eigenvalue weighted by Gasteiger charge is -2.14. The average Bonchev–Trinajstić information content (AvgIpc) is 2.62. The third kappa shape index (κ3) is 3.92. The fourth-order valence-corrected chi connectivity index (χ4v) is 7.07. The molecule has 5 heteroatoms. The quantitative estimate of drug-likeness (QED) is 0.652. The Labute approximate surface area is 149 Å². The van der Waals surface area contributed by atoms with Crippen molar-refractivity contribution >= 4 is 28.3 Å². The molecule has 0 aliphatic heterocycles. The topological polar surface area (TPSA) is 46.5 Å². The van der Waals surface area contributed by atoms with Crippen molar-refractivity contribution in [2.45, 2.75) is 18.7 Å². The molecule has 3 aromatic rings. The van der Waals surface area contributed by atoms with Gasteiger partial charge in [-0.15, -0.1) is 0 Å². The Bertz CT molecular complexity index is 981. The molecule has 0 aromatic heterocycles. The van der Waals surface area contributed by atoms with Gasteiger partial charge in [-0.25, -0.2) is 0 Å². The summed E-state index contributed by atoms with van der Waals surface area (Å²) in [4.78, 5) is 0.236. The highest BCUT2D eigenvalue weighted by Gasteiger charge is 2.17. The molecule has 0 saturated carbocycles. The lowest BCUT2D eigenvalue weighted by atomic mass is 10.2. The molecule has 0 saturated heterocycles. The standard InChI is InChI=1S/C20H20NO2PS/c1-16-10-6-8-14-19(16)24(20-15-9-7-11-17(20)2)21-25(22,23)18-12-4-3-5-13-18/h3-15,24H,1-2H3. The maximum atomic E-state index is 12.9. The van der Waals surface area contributed by atoms with Crippen molar-refractivity contribution in [1.29, 1.82) is 0 Å². The molecular weight excluding hydrogens is 349 g/mol. The number of hydrogen-bond acceptors (Lipinski definition) is 2. The summed E-state index contributed by atoms with van der Waals surface area (Å²) >= 11 is 0. The molecule has 0 bridgehead atoms. The zero-order valence-electron chi connectivity index (χ0n) is 14.2. The van der Waals surface area contributed by atoms with E-state index in [-0.39, 0.29) is 4.90 Å². The van der Waals surface area contributed by atoms with Crippen LogP contribution in [-0.2, 0) is 10.0 Å². The first kappa shape index (κ1) is 17.7. The van der Waals surface area contributed by atoms with Crippen LogP contribution in [0.25, 0.3) is 0 Å². The van der Waals surface area contributed by atoms with Crippen LogP contribution in [0, 0.1) is 13.8 Å². The van der Waals surface area contributed by atoms with Crippen molar-refractivity contribution < 1.29 is 8.42 Å². The summed E-state index contributed by atoms with van der Waals surface area (Å²) in [6, 6.07) is 24.2. The molecule has 128 valence electrons. The van der Waals surface area contributed by atoms with E-state index < -0.39 is 17.7 Å². The number of aryl methyl sites for hydroxylation is 2. The number of benzene rings is 3. The zero-order chi connectivity index (χ0) is 17.9. The highest BCUT2D eigenvalue weighted by molar-refractivity contribution is 7.94. The van der Waals surface area contributed by atoms with Crippen LogP contribution in [0.5, 0.6) is 0 Å². The summed E-state index contributed by atoms with van der Waals surface area (Å²) in [6.45, 7) is 4.01. The van der Waals surface area contributed by atoms with E-state index in [1.165, 1.54) is 0 Å². The minimum Gasteiger partial charge on any atom is -0.199 e. The molecule has 0 heterocycles. The van der Waals surface area contributed by atoms with E-state index in [0.29, 0.717) is 0 Å². The lowest BCUT2D eigenvalue weighted by molar-refractivity contribution is 0.598. The normalized spacial score (nSPS) is 11.5. The first-order valence-corrected chi connectivity index (χ1v) is 10.9. The van der Waals surface area contributed by atoms with Crippen LogP contribution in [0.2, 0.25) is 0 Å². The number of rotatable bonds is 4. The van der Waals surface area contributed by atoms with E-state index in [1.807, 2.05) is 62.4 Å². The van der Waals surface area contributed by atoms with Crippen LogP contribution in [-0.4, -0.2) is 8.42 Å². The summed E-state index contributed by atoms with van der Waals surface area (Å²) < 4.78 is 30.2. The third-order valence-electron chi connectivity index (χ3n) is 4.05. The van der Waals surface area contributed by atoms with Gasteiger partial charge >= 0.3 is 0 Å². The van der Waals surface area contributed by atoms with Gasteiger partial charge in [-0.2, -0.15) is 12.6 Å². The van der Waals surface area contributed by atoms with E-state index in [1.54, 1.807) is 30.3 Å². The second-order valence-electron chi connectivity index (χ2n) is 5.86. The zero-order valence-corrected chi connectivity index (χ0v) is 16.0. The Balaban J connectivity index is 2.26. The summed E-state index contributed by atoms with van der Waals surface area (Å²) in [5.41, 5.74) is 2.12. The van der Waals surface area contributed by atoms with Gasteiger partial charge in [-0.05, 0) is 47.7 Å². The van der Waals surface area contributed by atoms with Crippen molar-refractivity contribution in [3.63, 3.8) is 0 Å². The monoisotopic (exact) mass is 369 g/mol. The molecule has 0 amide bonds. The minimum atomic E-state index is -3.72. The Morgan fingerprint density at radius 2 is 1.12 bits per heavy atom. The van der Waals surface area contributed by atoms with E-state index in [4.69, 9.17) is 0 Å². The summed E-state index contributed by atoms with van der Waals surface area (Å²) in [5, 5.41) is 2.00. The lowest BCUT2D eigenvalue weighted by Crippen LogP contribution is -2.13. The third-order valence-corrected chi connectivity index (χ3v) is 8.76. The molecule has 0 unspecified atom stereocenters. The Morgan fingerprint density at radius 3 is 1.60 bits per heavy atom. The second kappa shape index (κ2) is 7.38. The molecule has 0 atom stereocenters. The number of sulfonamides is 1. The summed E-state index contributed by atoms with van der Waals surface area (Å²) in [7, 11) is -5.55. The molecule has 3 nitrogen and oxygen atoms in total. The van der Waals surface area contributed by atoms with E-state index in [2.05, 4.69) is 4.15 Å². The van der Waals surface area contributed by atoms with Gasteiger partial charge in [-0.1, -0.05) is 66.7 Å². The fourth-order valence-electron chi connectivity index (χ4n) is 2.69. The van der Waals surface area contributed by atoms with Crippen LogP contribution in [0.4, 0.5) is 0 Å². The predicted molar refractivity (Wildman–Crippen MR) is 106 cm³/mol. The summed E-state index contributed by atoms with van der Waals surface area (Å²) in [5.74, 6) is 0. The first-order valence-electron chi connectivity index (χ1n) is 8.01. The molecule has 0 radical (unpaired) electrons. The van der Waals surface area contributed by atoms with Gasteiger partial charge in [0.25, 0.3) is 10.0 Å². The maximum Gasteiger partial charge on any atom is 0.281 e. The van der Waals surface area contributed by atoms with Crippen molar-refractivity contribution in [2.24, 2.45) is 4.15 Å². The first-order chi connectivity index (χ1) is 12.0. The molecule has 25 heavy (non-hydrogen) atoms. The van der Waals surface area contributed by atoms with Crippen molar-refractivity contribution in [3.05, 3.63) is 90.0 Å². The smallest absolute Gasteiger partial charge is 0.199 e. The van der Waals surface area contributed by atoms with E-state index in [0.717, 1.165) is 21.7 Å². The predicted octanol–water partition coefficient (Wildman–Crippen LogP) is 4.04. The minimum absolute atomic E-state index is 0.236. The van der Waals surface area contributed by atoms with E-state index >= 15 is 0 Å². The largest absolute Gasteiger partial charge is 0.281 e. The Kier molecular flexibility index (Phi) is 5.22. The molecule has 0 N–H and O–H groups in total. The Hall–Kier alpha value is -2.16. The molecule has 0 spiro atoms. The highest BCUT2D eigenvalue weighted by atomic mass is 32.2. The van der Waals surface area contributed by atoms with Gasteiger partial charge in [0.15, 0.2) is 0 Å². The molecule has 0 aliphatic rings. The highest BCUT2D eigenvalue weighted by Crippen LogP contribution is 2.31. The van der Waals surface area contributed by atoms with Crippen molar-refractivity contribution in [1.82, 2.24) is 0 Å². The van der Waals surface area contributed by atoms with Gasteiger partial charge in [0.05, 0.1) is 4.90 Å². The second-order valence-corrected chi connectivity index (χ2v) is 9.78. The van der Waals surface area contributed by atoms with Gasteiger partial charge < -0.3 is 0 Å². The Morgan fingerprint density at radius 1 is 0.680 bits per heavy atom. The van der Waals surface area contributed by atoms with Gasteiger partial charge in [-0.3, -0.25) is 0 Å². The molecule has 3 rings (SSSR count). The molecule has 0 fully saturated rings. The van der Waals surface area contributed by atoms with Crippen LogP contribution in [0.3, 0.4) is 0 Å². The van der Waals surface area contributed by atoms with Crippen LogP contribution in [0.1, 0.15) is 11.1 Å². The van der Waals surface area contributed by atoms with Gasteiger partial charge in [0, 0.05) is 7.71 Å². The fraction of sp³-hybridized carbons (Fsp3) is 0.100. The average molecular weight is 369 g/mol. The van der Waals surface area contributed by atoms with E-state index in [9.17, 15) is 8.42 Å². The van der Waals surface area contributed by atoms with Crippen LogP contribution >= 0.6 is 7.71 Å². The van der Waals surface area contributed by atoms with Gasteiger partial charge in [0.1, 0.15) is 0 Å². The number of nitrogens with zero attached hydrogens (tertiary/aromatic N) is 1. The van der Waals surface area contributed by atoms with Crippen molar-refractivity contribution in [2.75, 3.05) is 0 Å². The van der Waals surface area contributed by atoms with Gasteiger partial charge in [0.2, 0.25) is 0 Å². The summed E-state index contributed by atoms with van der Waals surface area (Å²) in [6.07, 6.45) is 0. The van der Waals surface area contributed by atoms with Crippen LogP contribution < -0.4 is 10.6 Å². The van der Waals surface area contributed by atoms with Crippen molar-refractivity contribution in [3.8, 4) is 0 Å². The molecule has 0 aliphatic carbocycles. The molecule has 3 aromatic carbocycles. The van der Waals surface area contributed by atoms with Crippen LogP contribution in [0.15, 0.2) is 87.9 Å². The number of hydrogen-bond donors (Lipinski definition) is 0. The molecular formula is C20H20NO2PS.